The molecule has 220 valence electrons. The van der Waals surface area contributed by atoms with Crippen LogP contribution in [0.3, 0.4) is 0 Å². The van der Waals surface area contributed by atoms with Crippen LogP contribution in [0.1, 0.15) is 45.7 Å². The van der Waals surface area contributed by atoms with E-state index in [9.17, 15) is 19.5 Å². The normalized spacial score (nSPS) is 29.5. The van der Waals surface area contributed by atoms with Crippen LogP contribution in [-0.4, -0.2) is 81.5 Å². The lowest BCUT2D eigenvalue weighted by molar-refractivity contribution is -0.150. The van der Waals surface area contributed by atoms with Gasteiger partial charge in [0.15, 0.2) is 5.69 Å². The van der Waals surface area contributed by atoms with Crippen molar-refractivity contribution in [3.63, 3.8) is 0 Å². The molecule has 2 N–H and O–H groups in total. The predicted molar refractivity (Wildman–Crippen MR) is 140 cm³/mol. The maximum Gasteiger partial charge on any atom is 0.408 e. The summed E-state index contributed by atoms with van der Waals surface area (Å²) >= 11 is 0. The Morgan fingerprint density at radius 2 is 1.78 bits per heavy atom. The fourth-order valence-electron chi connectivity index (χ4n) is 5.12. The van der Waals surface area contributed by atoms with Crippen molar-refractivity contribution in [1.29, 1.82) is 0 Å². The minimum Gasteiger partial charge on any atom is -0.480 e. The highest BCUT2D eigenvalue weighted by atomic mass is 19.3. The molecule has 1 aromatic carbocycles. The lowest BCUT2D eigenvalue weighted by Gasteiger charge is -2.37. The van der Waals surface area contributed by atoms with Gasteiger partial charge in [-0.25, -0.2) is 19.6 Å². The van der Waals surface area contributed by atoms with Crippen LogP contribution < -0.4 is 10.1 Å². The molecule has 2 aliphatic heterocycles. The zero-order chi connectivity index (χ0) is 29.5. The van der Waals surface area contributed by atoms with Gasteiger partial charge in [-0.1, -0.05) is 39.0 Å². The largest absolute Gasteiger partial charge is 0.480 e. The van der Waals surface area contributed by atoms with Gasteiger partial charge in [-0.15, -0.1) is 0 Å². The molecule has 3 aliphatic rings. The first-order chi connectivity index (χ1) is 19.3. The predicted octanol–water partition coefficient (Wildman–Crippen LogP) is 3.41. The number of nitrogens with zero attached hydrogens (tertiary/aromatic N) is 3. The molecule has 5 atom stereocenters. The van der Waals surface area contributed by atoms with Gasteiger partial charge in [0, 0.05) is 6.42 Å². The number of para-hydroxylation sites is 2. The monoisotopic (exact) mass is 574 g/mol. The van der Waals surface area contributed by atoms with E-state index in [1.807, 2.05) is 0 Å². The Labute approximate surface area is 234 Å². The summed E-state index contributed by atoms with van der Waals surface area (Å²) in [6.07, 6.45) is -0.275. The number of benzene rings is 1. The van der Waals surface area contributed by atoms with Gasteiger partial charge in [-0.05, 0) is 36.5 Å². The molecule has 2 bridgehead atoms. The molecule has 1 saturated carbocycles. The molecule has 2 amide bonds. The Morgan fingerprint density at radius 3 is 2.41 bits per heavy atom. The standard InChI is InChI=1S/C28H32F2N4O7/c1-27(2,3)22-24(35)34-14-15(13-18(34)25(36)37)40-23-21(31-16-7-4-5-8-17(16)32-23)28(29,30)11-6-12-39-19-9-10-20(19)41-26(38)33-22/h4-8,11,15,18-20,22H,9-10,12-14H2,1-3H3,(H,33,38)(H,36,37)/b11-6+/t15-,18+,19-,20-,22-/m1/s1. The first-order valence-electron chi connectivity index (χ1n) is 13.4. The number of hydrogen-bond acceptors (Lipinski definition) is 8. The van der Waals surface area contributed by atoms with Gasteiger partial charge in [0.1, 0.15) is 24.3 Å². The molecule has 13 heteroatoms. The number of carboxylic acid groups (broad SMARTS) is 1. The van der Waals surface area contributed by atoms with Crippen LogP contribution >= 0.6 is 0 Å². The number of fused-ring (bicyclic) bond motifs is 5. The van der Waals surface area contributed by atoms with E-state index in [4.69, 9.17) is 14.2 Å². The van der Waals surface area contributed by atoms with Crippen molar-refractivity contribution in [2.45, 2.75) is 76.4 Å². The van der Waals surface area contributed by atoms with Crippen molar-refractivity contribution < 1.29 is 42.5 Å². The van der Waals surface area contributed by atoms with Crippen LogP contribution in [0.25, 0.3) is 11.0 Å². The number of ether oxygens (including phenoxy) is 3. The van der Waals surface area contributed by atoms with E-state index in [2.05, 4.69) is 15.3 Å². The van der Waals surface area contributed by atoms with Gasteiger partial charge in [-0.3, -0.25) is 4.79 Å². The van der Waals surface area contributed by atoms with Gasteiger partial charge in [0.25, 0.3) is 0 Å². The van der Waals surface area contributed by atoms with Crippen LogP contribution in [0.5, 0.6) is 5.88 Å². The first kappa shape index (κ1) is 28.7. The number of halogens is 2. The van der Waals surface area contributed by atoms with Crippen molar-refractivity contribution >= 4 is 29.0 Å². The Hall–Kier alpha value is -3.87. The fraction of sp³-hybridized carbons (Fsp3) is 0.536. The van der Waals surface area contributed by atoms with Crippen LogP contribution in [0.2, 0.25) is 0 Å². The molecule has 2 aromatic rings. The zero-order valence-electron chi connectivity index (χ0n) is 22.9. The molecular weight excluding hydrogens is 542 g/mol. The van der Waals surface area contributed by atoms with Crippen molar-refractivity contribution in [3.8, 4) is 5.88 Å². The molecule has 1 aromatic heterocycles. The number of alkyl halides is 2. The molecule has 5 rings (SSSR count). The molecule has 0 spiro atoms. The lowest BCUT2D eigenvalue weighted by atomic mass is 9.85. The van der Waals surface area contributed by atoms with E-state index >= 15 is 8.78 Å². The molecule has 0 radical (unpaired) electrons. The molecule has 11 nitrogen and oxygen atoms in total. The third kappa shape index (κ3) is 5.95. The average Bonchev–Trinajstić information content (AvgIpc) is 3.32. The second kappa shape index (κ2) is 10.8. The highest BCUT2D eigenvalue weighted by Crippen LogP contribution is 2.37. The third-order valence-electron chi connectivity index (χ3n) is 7.48. The number of carbonyl (C=O) groups is 3. The van der Waals surface area contributed by atoms with E-state index in [1.165, 1.54) is 0 Å². The minimum absolute atomic E-state index is 0.167. The van der Waals surface area contributed by atoms with Gasteiger partial charge in [0.2, 0.25) is 11.8 Å². The average molecular weight is 575 g/mol. The highest BCUT2D eigenvalue weighted by Gasteiger charge is 2.47. The number of aromatic nitrogens is 2. The number of allylic oxidation sites excluding steroid dienone is 1. The van der Waals surface area contributed by atoms with E-state index < -0.39 is 71.3 Å². The molecular formula is C28H32F2N4O7. The van der Waals surface area contributed by atoms with Crippen LogP contribution in [0.15, 0.2) is 36.4 Å². The highest BCUT2D eigenvalue weighted by molar-refractivity contribution is 5.90. The minimum atomic E-state index is -3.62. The quantitative estimate of drug-likeness (QED) is 0.491. The Morgan fingerprint density at radius 1 is 1.10 bits per heavy atom. The van der Waals surface area contributed by atoms with E-state index in [0.29, 0.717) is 24.4 Å². The van der Waals surface area contributed by atoms with E-state index in [-0.39, 0.29) is 25.1 Å². The fourth-order valence-corrected chi connectivity index (χ4v) is 5.12. The number of alkyl carbamates (subject to hydrolysis) is 1. The van der Waals surface area contributed by atoms with Crippen molar-refractivity contribution in [3.05, 3.63) is 42.1 Å². The molecule has 2 fully saturated rings. The first-order valence-corrected chi connectivity index (χ1v) is 13.4. The molecule has 3 heterocycles. The molecule has 1 aliphatic carbocycles. The molecule has 1 saturated heterocycles. The summed E-state index contributed by atoms with van der Waals surface area (Å²) in [4.78, 5) is 48.3. The summed E-state index contributed by atoms with van der Waals surface area (Å²) < 4.78 is 48.1. The topological polar surface area (TPSA) is 140 Å². The number of rotatable bonds is 1. The maximum absolute atomic E-state index is 15.5. The Balaban J connectivity index is 1.55. The van der Waals surface area contributed by atoms with Crippen molar-refractivity contribution in [2.75, 3.05) is 13.2 Å². The SMILES string of the molecule is CC(C)(C)[C@@H]1NC(=O)O[C@@H]2CC[C@H]2OC/C=C/C(F)(F)c2nc3ccccc3nc2O[C@@H]2C[C@@H](C(=O)O)N(C2)C1=O. The van der Waals surface area contributed by atoms with Gasteiger partial charge in [-0.2, -0.15) is 8.78 Å². The van der Waals surface area contributed by atoms with Gasteiger partial charge >= 0.3 is 18.0 Å². The van der Waals surface area contributed by atoms with Gasteiger partial charge in [0.05, 0.1) is 30.3 Å². The van der Waals surface area contributed by atoms with Gasteiger partial charge < -0.3 is 29.5 Å². The van der Waals surface area contributed by atoms with Crippen LogP contribution in [0.4, 0.5) is 13.6 Å². The van der Waals surface area contributed by atoms with E-state index in [0.717, 1.165) is 11.0 Å². The maximum atomic E-state index is 15.5. The summed E-state index contributed by atoms with van der Waals surface area (Å²) in [7, 11) is 0. The summed E-state index contributed by atoms with van der Waals surface area (Å²) in [6.45, 7) is 4.78. The number of nitrogens with one attached hydrogen (secondary N) is 1. The third-order valence-corrected chi connectivity index (χ3v) is 7.48. The smallest absolute Gasteiger partial charge is 0.408 e. The Kier molecular flexibility index (Phi) is 7.58. The van der Waals surface area contributed by atoms with E-state index in [1.54, 1.807) is 45.0 Å². The van der Waals surface area contributed by atoms with Crippen molar-refractivity contribution in [2.24, 2.45) is 5.41 Å². The zero-order valence-corrected chi connectivity index (χ0v) is 22.9. The number of carboxylic acids is 1. The summed E-state index contributed by atoms with van der Waals surface area (Å²) in [5.74, 6) is -6.03. The number of hydrogen-bond donors (Lipinski definition) is 2. The summed E-state index contributed by atoms with van der Waals surface area (Å²) in [6, 6.07) is 4.00. The second-order valence-electron chi connectivity index (χ2n) is 11.5. The second-order valence-corrected chi connectivity index (χ2v) is 11.5. The number of aliphatic carboxylic acids is 1. The van der Waals surface area contributed by atoms with Crippen LogP contribution in [0, 0.1) is 5.41 Å². The number of amides is 2. The van der Waals surface area contributed by atoms with Crippen molar-refractivity contribution in [1.82, 2.24) is 20.2 Å². The molecule has 0 unspecified atom stereocenters. The summed E-state index contributed by atoms with van der Waals surface area (Å²) in [5, 5.41) is 12.5. The lowest BCUT2D eigenvalue weighted by Crippen LogP contribution is -2.57. The van der Waals surface area contributed by atoms with Crippen LogP contribution in [-0.2, 0) is 25.0 Å². The molecule has 41 heavy (non-hydrogen) atoms. The Bertz CT molecular complexity index is 1380. The number of carbonyl (C=O) groups excluding carboxylic acids is 2. The summed E-state index contributed by atoms with van der Waals surface area (Å²) in [5.41, 5.74) is -1.02.